The van der Waals surface area contributed by atoms with E-state index in [4.69, 9.17) is 9.26 Å². The Bertz CT molecular complexity index is 1260. The maximum atomic E-state index is 14.3. The van der Waals surface area contributed by atoms with Gasteiger partial charge in [-0.1, -0.05) is 23.4 Å². The van der Waals surface area contributed by atoms with Gasteiger partial charge in [-0.05, 0) is 36.2 Å². The number of morpholine rings is 1. The predicted molar refractivity (Wildman–Crippen MR) is 122 cm³/mol. The third kappa shape index (κ3) is 5.72. The Balaban J connectivity index is 1.42. The molecular formula is C25H23F5N4O4. The van der Waals surface area contributed by atoms with Crippen LogP contribution in [0.4, 0.5) is 26.7 Å². The van der Waals surface area contributed by atoms with Crippen LogP contribution in [0.5, 0.6) is 5.75 Å². The van der Waals surface area contributed by atoms with E-state index in [2.05, 4.69) is 14.9 Å². The fourth-order valence-corrected chi connectivity index (χ4v) is 4.79. The number of carbonyl (C=O) groups is 1. The zero-order valence-corrected chi connectivity index (χ0v) is 20.0. The van der Waals surface area contributed by atoms with E-state index < -0.39 is 29.5 Å². The second-order valence-corrected chi connectivity index (χ2v) is 9.09. The van der Waals surface area contributed by atoms with Gasteiger partial charge in [0, 0.05) is 32.1 Å². The zero-order valence-electron chi connectivity index (χ0n) is 20.0. The number of amides is 2. The normalized spacial score (nSPS) is 20.4. The van der Waals surface area contributed by atoms with Crippen LogP contribution in [-0.4, -0.2) is 71.7 Å². The number of likely N-dealkylation sites (tertiary alicyclic amines) is 1. The Morgan fingerprint density at radius 1 is 0.947 bits per heavy atom. The van der Waals surface area contributed by atoms with Crippen molar-refractivity contribution in [1.29, 1.82) is 0 Å². The van der Waals surface area contributed by atoms with E-state index in [0.29, 0.717) is 44.8 Å². The van der Waals surface area contributed by atoms with Crippen molar-refractivity contribution >= 4 is 6.03 Å². The number of hydrogen-bond donors (Lipinski definition) is 0. The van der Waals surface area contributed by atoms with Crippen LogP contribution in [-0.2, 0) is 4.74 Å². The first-order chi connectivity index (χ1) is 18.2. The highest BCUT2D eigenvalue weighted by molar-refractivity contribution is 5.75. The van der Waals surface area contributed by atoms with Crippen LogP contribution >= 0.6 is 0 Å². The number of rotatable bonds is 4. The van der Waals surface area contributed by atoms with Crippen molar-refractivity contribution in [1.82, 2.24) is 19.9 Å². The molecule has 2 fully saturated rings. The maximum absolute atomic E-state index is 14.3. The molecule has 0 aliphatic carbocycles. The number of ether oxygens (including phenoxy) is 2. The summed E-state index contributed by atoms with van der Waals surface area (Å²) in [5, 5.41) is 3.77. The van der Waals surface area contributed by atoms with Crippen LogP contribution in [0.3, 0.4) is 0 Å². The van der Waals surface area contributed by atoms with E-state index in [0.717, 1.165) is 12.1 Å². The van der Waals surface area contributed by atoms with E-state index in [-0.39, 0.29) is 36.0 Å². The van der Waals surface area contributed by atoms with E-state index >= 15 is 0 Å². The lowest BCUT2D eigenvalue weighted by Crippen LogP contribution is -2.52. The molecule has 202 valence electrons. The number of carbonyl (C=O) groups excluding carboxylic acids is 1. The van der Waals surface area contributed by atoms with Crippen molar-refractivity contribution in [2.24, 2.45) is 0 Å². The topological polar surface area (TPSA) is 80.9 Å². The van der Waals surface area contributed by atoms with E-state index in [9.17, 15) is 26.7 Å². The molecule has 8 nitrogen and oxygen atoms in total. The number of nitrogens with zero attached hydrogens (tertiary/aromatic N) is 4. The SMILES string of the molecule is O=C(N1CCOCC1)N1CC(c2ccc(OC(F)(F)F)cc2)CC(c2nc(-c3c(F)cccc3F)no2)C1. The van der Waals surface area contributed by atoms with Crippen molar-refractivity contribution in [2.75, 3.05) is 39.4 Å². The maximum Gasteiger partial charge on any atom is 0.573 e. The minimum Gasteiger partial charge on any atom is -0.406 e. The number of hydrogen-bond acceptors (Lipinski definition) is 6. The lowest BCUT2D eigenvalue weighted by atomic mass is 9.84. The van der Waals surface area contributed by atoms with Crippen LogP contribution in [0.1, 0.15) is 29.7 Å². The molecule has 2 aliphatic heterocycles. The molecule has 2 unspecified atom stereocenters. The molecule has 13 heteroatoms. The fraction of sp³-hybridized carbons (Fsp3) is 0.400. The van der Waals surface area contributed by atoms with E-state index in [1.165, 1.54) is 30.3 Å². The van der Waals surface area contributed by atoms with Gasteiger partial charge >= 0.3 is 12.4 Å². The summed E-state index contributed by atoms with van der Waals surface area (Å²) in [6.07, 6.45) is -4.40. The quantitative estimate of drug-likeness (QED) is 0.438. The summed E-state index contributed by atoms with van der Waals surface area (Å²) >= 11 is 0. The van der Waals surface area contributed by atoms with E-state index in [1.807, 2.05) is 0 Å². The number of halogens is 5. The lowest BCUT2D eigenvalue weighted by molar-refractivity contribution is -0.274. The first-order valence-corrected chi connectivity index (χ1v) is 11.9. The minimum atomic E-state index is -4.81. The summed E-state index contributed by atoms with van der Waals surface area (Å²) in [5.41, 5.74) is 0.264. The van der Waals surface area contributed by atoms with Crippen molar-refractivity contribution in [3.63, 3.8) is 0 Å². The summed E-state index contributed by atoms with van der Waals surface area (Å²) in [5.74, 6) is -2.97. The molecule has 0 spiro atoms. The second kappa shape index (κ2) is 10.6. The van der Waals surface area contributed by atoms with Gasteiger partial charge in [-0.25, -0.2) is 13.6 Å². The molecule has 2 saturated heterocycles. The Labute approximate surface area is 213 Å². The zero-order chi connectivity index (χ0) is 26.9. The van der Waals surface area contributed by atoms with Crippen molar-refractivity contribution in [2.45, 2.75) is 24.6 Å². The third-order valence-corrected chi connectivity index (χ3v) is 6.57. The molecule has 0 N–H and O–H groups in total. The first-order valence-electron chi connectivity index (χ1n) is 11.9. The van der Waals surface area contributed by atoms with Gasteiger partial charge in [0.05, 0.1) is 24.7 Å². The third-order valence-electron chi connectivity index (χ3n) is 6.57. The van der Waals surface area contributed by atoms with Gasteiger partial charge in [-0.2, -0.15) is 4.98 Å². The standard InChI is InChI=1S/C25H23F5N4O4/c26-19-2-1-3-20(27)21(19)22-31-23(38-32-22)17-12-16(15-4-6-18(7-5-15)37-25(28,29)30)13-34(14-17)24(35)33-8-10-36-11-9-33/h1-7,16-17H,8-14H2. The second-order valence-electron chi connectivity index (χ2n) is 9.09. The summed E-state index contributed by atoms with van der Waals surface area (Å²) in [6, 6.07) is 8.62. The average Bonchev–Trinajstić information content (AvgIpc) is 3.38. The van der Waals surface area contributed by atoms with Crippen molar-refractivity contribution < 1.29 is 40.7 Å². The van der Waals surface area contributed by atoms with E-state index in [1.54, 1.807) is 9.80 Å². The van der Waals surface area contributed by atoms with Gasteiger partial charge in [0.2, 0.25) is 11.7 Å². The lowest BCUT2D eigenvalue weighted by Gasteiger charge is -2.40. The number of benzene rings is 2. The molecule has 3 aromatic rings. The van der Waals surface area contributed by atoms with Crippen LogP contribution < -0.4 is 4.74 Å². The Morgan fingerprint density at radius 2 is 1.61 bits per heavy atom. The number of urea groups is 1. The van der Waals surface area contributed by atoms with Crippen LogP contribution in [0, 0.1) is 11.6 Å². The molecule has 3 heterocycles. The van der Waals surface area contributed by atoms with Crippen molar-refractivity contribution in [3.8, 4) is 17.1 Å². The highest BCUT2D eigenvalue weighted by Gasteiger charge is 2.37. The van der Waals surface area contributed by atoms with Gasteiger partial charge in [0.25, 0.3) is 0 Å². The molecular weight excluding hydrogens is 515 g/mol. The fourth-order valence-electron chi connectivity index (χ4n) is 4.79. The molecule has 1 aromatic heterocycles. The smallest absolute Gasteiger partial charge is 0.406 e. The molecule has 0 radical (unpaired) electrons. The first kappa shape index (κ1) is 25.9. The van der Waals surface area contributed by atoms with Gasteiger partial charge in [0.1, 0.15) is 17.4 Å². The number of piperidine rings is 1. The Hall–Kier alpha value is -3.74. The monoisotopic (exact) mass is 538 g/mol. The molecule has 5 rings (SSSR count). The summed E-state index contributed by atoms with van der Waals surface area (Å²) in [4.78, 5) is 20.8. The molecule has 0 saturated carbocycles. The molecule has 0 bridgehead atoms. The van der Waals surface area contributed by atoms with Crippen LogP contribution in [0.25, 0.3) is 11.4 Å². The molecule has 2 aliphatic rings. The van der Waals surface area contributed by atoms with Gasteiger partial charge in [0.15, 0.2) is 0 Å². The molecule has 2 amide bonds. The number of alkyl halides is 3. The van der Waals surface area contributed by atoms with Crippen LogP contribution in [0.2, 0.25) is 0 Å². The number of aromatic nitrogens is 2. The highest BCUT2D eigenvalue weighted by atomic mass is 19.4. The molecule has 2 aromatic carbocycles. The van der Waals surface area contributed by atoms with Crippen LogP contribution in [0.15, 0.2) is 47.0 Å². The highest BCUT2D eigenvalue weighted by Crippen LogP contribution is 2.37. The average molecular weight is 538 g/mol. The Kier molecular flexibility index (Phi) is 7.19. The summed E-state index contributed by atoms with van der Waals surface area (Å²) < 4.78 is 80.9. The van der Waals surface area contributed by atoms with Gasteiger partial charge < -0.3 is 23.8 Å². The van der Waals surface area contributed by atoms with Gasteiger partial charge in [-0.3, -0.25) is 0 Å². The molecule has 2 atom stereocenters. The van der Waals surface area contributed by atoms with Gasteiger partial charge in [-0.15, -0.1) is 13.2 Å². The minimum absolute atomic E-state index is 0.101. The Morgan fingerprint density at radius 3 is 2.26 bits per heavy atom. The predicted octanol–water partition coefficient (Wildman–Crippen LogP) is 4.94. The summed E-state index contributed by atoms with van der Waals surface area (Å²) in [7, 11) is 0. The van der Waals surface area contributed by atoms with Crippen molar-refractivity contribution in [3.05, 3.63) is 65.6 Å². The molecule has 38 heavy (non-hydrogen) atoms. The largest absolute Gasteiger partial charge is 0.573 e. The summed E-state index contributed by atoms with van der Waals surface area (Å²) in [6.45, 7) is 2.18.